The van der Waals surface area contributed by atoms with Crippen LogP contribution in [0.1, 0.15) is 21.5 Å². The number of fused-ring (bicyclic) bond motifs is 1. The maximum atomic E-state index is 12.4. The number of anilines is 1. The molecule has 2 aromatic heterocycles. The van der Waals surface area contributed by atoms with E-state index in [1.807, 2.05) is 32.0 Å². The summed E-state index contributed by atoms with van der Waals surface area (Å²) >= 11 is 0. The summed E-state index contributed by atoms with van der Waals surface area (Å²) in [5.74, 6) is -0.458. The number of carbonyl (C=O) groups is 1. The summed E-state index contributed by atoms with van der Waals surface area (Å²) in [4.78, 5) is 28.8. The fourth-order valence-corrected chi connectivity index (χ4v) is 2.43. The average molecular weight is 293 g/mol. The van der Waals surface area contributed by atoms with Crippen LogP contribution in [-0.2, 0) is 0 Å². The first-order valence-electron chi connectivity index (χ1n) is 6.90. The van der Waals surface area contributed by atoms with Crippen LogP contribution in [0.3, 0.4) is 0 Å². The van der Waals surface area contributed by atoms with Crippen LogP contribution in [0.2, 0.25) is 0 Å². The first kappa shape index (κ1) is 14.0. The number of nitrogens with one attached hydrogen (secondary N) is 1. The van der Waals surface area contributed by atoms with Crippen LogP contribution in [0.25, 0.3) is 5.65 Å². The van der Waals surface area contributed by atoms with Gasteiger partial charge in [-0.15, -0.1) is 0 Å². The molecule has 0 saturated carbocycles. The highest BCUT2D eigenvalue weighted by molar-refractivity contribution is 6.04. The van der Waals surface area contributed by atoms with Crippen LogP contribution in [0.15, 0.2) is 53.6 Å². The summed E-state index contributed by atoms with van der Waals surface area (Å²) < 4.78 is 1.36. The normalized spacial score (nSPS) is 10.6. The minimum atomic E-state index is -0.458. The molecular formula is C17H15N3O2. The minimum absolute atomic E-state index is 0.0165. The van der Waals surface area contributed by atoms with Crippen molar-refractivity contribution in [2.24, 2.45) is 0 Å². The maximum Gasteiger partial charge on any atom is 0.270 e. The quantitative estimate of drug-likeness (QED) is 0.790. The number of nitrogens with zero attached hydrogens (tertiary/aromatic N) is 2. The Balaban J connectivity index is 1.99. The van der Waals surface area contributed by atoms with E-state index in [2.05, 4.69) is 10.3 Å². The molecule has 0 spiro atoms. The Morgan fingerprint density at radius 2 is 1.86 bits per heavy atom. The van der Waals surface area contributed by atoms with Gasteiger partial charge in [-0.3, -0.25) is 14.0 Å². The van der Waals surface area contributed by atoms with Gasteiger partial charge in [-0.1, -0.05) is 12.1 Å². The molecule has 0 atom stereocenters. The Morgan fingerprint density at radius 3 is 2.59 bits per heavy atom. The Morgan fingerprint density at radius 1 is 1.14 bits per heavy atom. The van der Waals surface area contributed by atoms with Crippen LogP contribution < -0.4 is 10.9 Å². The summed E-state index contributed by atoms with van der Waals surface area (Å²) in [5, 5.41) is 2.75. The molecule has 3 aromatic rings. The second-order valence-corrected chi connectivity index (χ2v) is 5.24. The second kappa shape index (κ2) is 5.44. The predicted molar refractivity (Wildman–Crippen MR) is 85.3 cm³/mol. The van der Waals surface area contributed by atoms with Gasteiger partial charge in [0.05, 0.1) is 0 Å². The molecule has 110 valence electrons. The van der Waals surface area contributed by atoms with Crippen molar-refractivity contribution in [3.05, 3.63) is 75.8 Å². The molecule has 0 fully saturated rings. The number of pyridine rings is 1. The van der Waals surface area contributed by atoms with Crippen LogP contribution in [0.4, 0.5) is 5.69 Å². The van der Waals surface area contributed by atoms with Crippen molar-refractivity contribution in [1.29, 1.82) is 0 Å². The van der Waals surface area contributed by atoms with Crippen molar-refractivity contribution in [1.82, 2.24) is 9.38 Å². The molecule has 2 heterocycles. The van der Waals surface area contributed by atoms with Gasteiger partial charge in [0.2, 0.25) is 0 Å². The Bertz CT molecular complexity index is 908. The third-order valence-corrected chi connectivity index (χ3v) is 3.34. The van der Waals surface area contributed by atoms with Gasteiger partial charge in [-0.2, -0.15) is 0 Å². The van der Waals surface area contributed by atoms with Gasteiger partial charge in [-0.05, 0) is 49.2 Å². The van der Waals surface area contributed by atoms with E-state index in [-0.39, 0.29) is 11.1 Å². The smallest absolute Gasteiger partial charge is 0.270 e. The van der Waals surface area contributed by atoms with Crippen LogP contribution in [0.5, 0.6) is 0 Å². The number of amides is 1. The highest BCUT2D eigenvalue weighted by Crippen LogP contribution is 2.14. The largest absolute Gasteiger partial charge is 0.322 e. The molecule has 0 bridgehead atoms. The molecule has 0 radical (unpaired) electrons. The fraction of sp³-hybridized carbons (Fsp3) is 0.118. The summed E-state index contributed by atoms with van der Waals surface area (Å²) in [5.41, 5.74) is 2.90. The molecule has 1 aromatic carbocycles. The average Bonchev–Trinajstić information content (AvgIpc) is 2.46. The lowest BCUT2D eigenvalue weighted by Gasteiger charge is -2.08. The lowest BCUT2D eigenvalue weighted by molar-refractivity contribution is 0.102. The third-order valence-electron chi connectivity index (χ3n) is 3.34. The van der Waals surface area contributed by atoms with E-state index < -0.39 is 5.91 Å². The van der Waals surface area contributed by atoms with Crippen molar-refractivity contribution in [3.63, 3.8) is 0 Å². The zero-order valence-corrected chi connectivity index (χ0v) is 12.3. The number of aryl methyl sites for hydroxylation is 2. The highest BCUT2D eigenvalue weighted by atomic mass is 16.2. The molecule has 22 heavy (non-hydrogen) atoms. The molecule has 5 nitrogen and oxygen atoms in total. The van der Waals surface area contributed by atoms with Crippen molar-refractivity contribution >= 4 is 17.2 Å². The minimum Gasteiger partial charge on any atom is -0.322 e. The highest BCUT2D eigenvalue weighted by Gasteiger charge is 2.13. The van der Waals surface area contributed by atoms with E-state index in [1.54, 1.807) is 24.4 Å². The zero-order chi connectivity index (χ0) is 15.7. The van der Waals surface area contributed by atoms with Gasteiger partial charge in [0.1, 0.15) is 11.2 Å². The third kappa shape index (κ3) is 2.61. The van der Waals surface area contributed by atoms with Crippen LogP contribution in [0, 0.1) is 13.8 Å². The molecule has 0 unspecified atom stereocenters. The number of aromatic nitrogens is 2. The standard InChI is InChI=1S/C17H15N3O2/c1-11-7-12(2)9-13(8-11)19-16(21)14-10-18-15-5-3-4-6-20(15)17(14)22/h3-10H,1-2H3,(H,19,21). The topological polar surface area (TPSA) is 63.5 Å². The number of hydrogen-bond donors (Lipinski definition) is 1. The zero-order valence-electron chi connectivity index (χ0n) is 12.3. The fourth-order valence-electron chi connectivity index (χ4n) is 2.43. The van der Waals surface area contributed by atoms with Crippen LogP contribution in [-0.4, -0.2) is 15.3 Å². The number of hydrogen-bond acceptors (Lipinski definition) is 3. The van der Waals surface area contributed by atoms with Crippen molar-refractivity contribution in [2.45, 2.75) is 13.8 Å². The summed E-state index contributed by atoms with van der Waals surface area (Å²) in [6, 6.07) is 11.0. The molecule has 0 saturated heterocycles. The van der Waals surface area contributed by atoms with Crippen molar-refractivity contribution < 1.29 is 4.79 Å². The van der Waals surface area contributed by atoms with E-state index in [1.165, 1.54) is 10.6 Å². The summed E-state index contributed by atoms with van der Waals surface area (Å²) in [6.07, 6.45) is 2.91. The van der Waals surface area contributed by atoms with Gasteiger partial charge in [0, 0.05) is 18.1 Å². The molecule has 0 aliphatic heterocycles. The van der Waals surface area contributed by atoms with Gasteiger partial charge in [0.15, 0.2) is 0 Å². The molecule has 5 heteroatoms. The van der Waals surface area contributed by atoms with E-state index in [0.717, 1.165) is 11.1 Å². The van der Waals surface area contributed by atoms with E-state index >= 15 is 0 Å². The lowest BCUT2D eigenvalue weighted by Crippen LogP contribution is -2.26. The predicted octanol–water partition coefficient (Wildman–Crippen LogP) is 2.56. The number of carbonyl (C=O) groups excluding carboxylic acids is 1. The molecule has 0 aliphatic rings. The Kier molecular flexibility index (Phi) is 3.47. The maximum absolute atomic E-state index is 12.4. The molecule has 1 N–H and O–H groups in total. The van der Waals surface area contributed by atoms with E-state index in [9.17, 15) is 9.59 Å². The van der Waals surface area contributed by atoms with Crippen molar-refractivity contribution in [2.75, 3.05) is 5.32 Å². The monoisotopic (exact) mass is 293 g/mol. The van der Waals surface area contributed by atoms with Gasteiger partial charge in [0.25, 0.3) is 11.5 Å². The Labute approximate surface area is 127 Å². The summed E-state index contributed by atoms with van der Waals surface area (Å²) in [6.45, 7) is 3.91. The lowest BCUT2D eigenvalue weighted by atomic mass is 10.1. The summed E-state index contributed by atoms with van der Waals surface area (Å²) in [7, 11) is 0. The Hall–Kier alpha value is -2.95. The second-order valence-electron chi connectivity index (χ2n) is 5.24. The molecule has 3 rings (SSSR count). The first-order valence-corrected chi connectivity index (χ1v) is 6.90. The molecular weight excluding hydrogens is 278 g/mol. The number of benzene rings is 1. The SMILES string of the molecule is Cc1cc(C)cc(NC(=O)c2cnc3ccccn3c2=O)c1. The van der Waals surface area contributed by atoms with Crippen LogP contribution >= 0.6 is 0 Å². The van der Waals surface area contributed by atoms with Gasteiger partial charge in [-0.25, -0.2) is 4.98 Å². The van der Waals surface area contributed by atoms with Gasteiger partial charge >= 0.3 is 0 Å². The van der Waals surface area contributed by atoms with E-state index in [4.69, 9.17) is 0 Å². The first-order chi connectivity index (χ1) is 10.5. The number of rotatable bonds is 2. The molecule has 1 amide bonds. The van der Waals surface area contributed by atoms with Crippen molar-refractivity contribution in [3.8, 4) is 0 Å². The van der Waals surface area contributed by atoms with E-state index in [0.29, 0.717) is 11.3 Å². The molecule has 0 aliphatic carbocycles. The van der Waals surface area contributed by atoms with Gasteiger partial charge < -0.3 is 5.32 Å².